The maximum atomic E-state index is 11.3. The van der Waals surface area contributed by atoms with Crippen molar-refractivity contribution in [2.45, 2.75) is 6.61 Å². The Morgan fingerprint density at radius 3 is 2.89 bits per heavy atom. The number of nitrogens with zero attached hydrogens (tertiary/aromatic N) is 2. The second-order valence-corrected chi connectivity index (χ2v) is 4.01. The molecular weight excluding hydrogens is 238 g/mol. The normalized spacial score (nSPS) is 15.4. The van der Waals surface area contributed by atoms with Crippen LogP contribution in [0, 0.1) is 10.1 Å². The summed E-state index contributed by atoms with van der Waals surface area (Å²) in [5.41, 5.74) is 0.801. The quantitative estimate of drug-likeness (QED) is 0.583. The summed E-state index contributed by atoms with van der Waals surface area (Å²) in [4.78, 5) is 23.5. The zero-order chi connectivity index (χ0) is 13.1. The molecule has 0 spiro atoms. The van der Waals surface area contributed by atoms with E-state index in [0.29, 0.717) is 24.3 Å². The van der Waals surface area contributed by atoms with Gasteiger partial charge in [0.2, 0.25) is 5.91 Å². The maximum Gasteiger partial charge on any atom is 0.292 e. The summed E-state index contributed by atoms with van der Waals surface area (Å²) < 4.78 is 0. The van der Waals surface area contributed by atoms with Crippen molar-refractivity contribution in [3.63, 3.8) is 0 Å². The Hall–Kier alpha value is -2.15. The third kappa shape index (κ3) is 2.40. The van der Waals surface area contributed by atoms with E-state index >= 15 is 0 Å². The molecule has 18 heavy (non-hydrogen) atoms. The van der Waals surface area contributed by atoms with Gasteiger partial charge in [-0.2, -0.15) is 0 Å². The van der Waals surface area contributed by atoms with Crippen LogP contribution < -0.4 is 10.2 Å². The maximum absolute atomic E-state index is 11.3. The first-order chi connectivity index (χ1) is 8.61. The van der Waals surface area contributed by atoms with Crippen LogP contribution in [0.2, 0.25) is 0 Å². The predicted octanol–water partition coefficient (Wildman–Crippen LogP) is 0.0233. The van der Waals surface area contributed by atoms with E-state index in [-0.39, 0.29) is 24.7 Å². The number of nitro benzene ring substituents is 1. The summed E-state index contributed by atoms with van der Waals surface area (Å²) in [5, 5.41) is 22.7. The lowest BCUT2D eigenvalue weighted by Gasteiger charge is -2.28. The Morgan fingerprint density at radius 1 is 1.50 bits per heavy atom. The van der Waals surface area contributed by atoms with Crippen LogP contribution in [0.3, 0.4) is 0 Å². The van der Waals surface area contributed by atoms with Crippen molar-refractivity contribution < 1.29 is 14.8 Å². The summed E-state index contributed by atoms with van der Waals surface area (Å²) >= 11 is 0. The van der Waals surface area contributed by atoms with Crippen molar-refractivity contribution in [2.24, 2.45) is 0 Å². The number of amides is 1. The monoisotopic (exact) mass is 251 g/mol. The lowest BCUT2D eigenvalue weighted by molar-refractivity contribution is -0.384. The highest BCUT2D eigenvalue weighted by Crippen LogP contribution is 2.29. The first kappa shape index (κ1) is 12.3. The van der Waals surface area contributed by atoms with Crippen LogP contribution in [0.15, 0.2) is 18.2 Å². The minimum absolute atomic E-state index is 0.0868. The highest BCUT2D eigenvalue weighted by atomic mass is 16.6. The molecule has 0 radical (unpaired) electrons. The molecule has 1 saturated heterocycles. The first-order valence-electron chi connectivity index (χ1n) is 5.51. The van der Waals surface area contributed by atoms with Crippen LogP contribution in [0.25, 0.3) is 0 Å². The molecule has 1 heterocycles. The van der Waals surface area contributed by atoms with Gasteiger partial charge >= 0.3 is 0 Å². The van der Waals surface area contributed by atoms with Crippen molar-refractivity contribution in [3.8, 4) is 0 Å². The molecule has 1 aliphatic heterocycles. The number of aliphatic hydroxyl groups excluding tert-OH is 1. The van der Waals surface area contributed by atoms with Gasteiger partial charge in [0.05, 0.1) is 18.1 Å². The van der Waals surface area contributed by atoms with Gasteiger partial charge in [0.25, 0.3) is 5.69 Å². The first-order valence-corrected chi connectivity index (χ1v) is 5.51. The van der Waals surface area contributed by atoms with Gasteiger partial charge in [-0.15, -0.1) is 0 Å². The molecule has 7 heteroatoms. The second-order valence-electron chi connectivity index (χ2n) is 4.01. The molecule has 1 amide bonds. The SMILES string of the molecule is O=C1CN(c2ccc(CO)cc2[N+](=O)[O-])CCN1. The van der Waals surface area contributed by atoms with Gasteiger partial charge < -0.3 is 15.3 Å². The van der Waals surface area contributed by atoms with Gasteiger partial charge in [-0.3, -0.25) is 14.9 Å². The van der Waals surface area contributed by atoms with Gasteiger partial charge in [0.1, 0.15) is 5.69 Å². The van der Waals surface area contributed by atoms with Crippen LogP contribution in [0.1, 0.15) is 5.56 Å². The third-order valence-electron chi connectivity index (χ3n) is 2.80. The van der Waals surface area contributed by atoms with Gasteiger partial charge in [-0.05, 0) is 11.6 Å². The number of nitrogens with one attached hydrogen (secondary N) is 1. The molecule has 96 valence electrons. The van der Waals surface area contributed by atoms with Crippen molar-refractivity contribution in [1.29, 1.82) is 0 Å². The summed E-state index contributed by atoms with van der Waals surface area (Å²) in [7, 11) is 0. The van der Waals surface area contributed by atoms with Crippen LogP contribution in [0.4, 0.5) is 11.4 Å². The summed E-state index contributed by atoms with van der Waals surface area (Å²) in [6.07, 6.45) is 0. The van der Waals surface area contributed by atoms with E-state index < -0.39 is 4.92 Å². The molecule has 0 bridgehead atoms. The molecule has 1 fully saturated rings. The van der Waals surface area contributed by atoms with E-state index in [1.165, 1.54) is 6.07 Å². The number of carbonyl (C=O) groups is 1. The van der Waals surface area contributed by atoms with Gasteiger partial charge in [0.15, 0.2) is 0 Å². The molecule has 2 N–H and O–H groups in total. The van der Waals surface area contributed by atoms with Gasteiger partial charge in [-0.25, -0.2) is 0 Å². The smallest absolute Gasteiger partial charge is 0.292 e. The molecule has 1 aromatic rings. The van der Waals surface area contributed by atoms with Crippen LogP contribution in [-0.2, 0) is 11.4 Å². The molecule has 1 aromatic carbocycles. The Bertz CT molecular complexity index is 489. The number of rotatable bonds is 3. The Morgan fingerprint density at radius 2 is 2.28 bits per heavy atom. The molecule has 0 aromatic heterocycles. The topological polar surface area (TPSA) is 95.7 Å². The molecule has 2 rings (SSSR count). The van der Waals surface area contributed by atoms with E-state index in [0.717, 1.165) is 0 Å². The fraction of sp³-hybridized carbons (Fsp3) is 0.364. The molecule has 0 atom stereocenters. The Kier molecular flexibility index (Phi) is 3.42. The van der Waals surface area contributed by atoms with E-state index in [1.807, 2.05) is 0 Å². The summed E-state index contributed by atoms with van der Waals surface area (Å²) in [6, 6.07) is 4.53. The summed E-state index contributed by atoms with van der Waals surface area (Å²) in [5.74, 6) is -0.151. The van der Waals surface area contributed by atoms with E-state index in [1.54, 1.807) is 17.0 Å². The fourth-order valence-electron chi connectivity index (χ4n) is 1.93. The van der Waals surface area contributed by atoms with Crippen molar-refractivity contribution in [2.75, 3.05) is 24.5 Å². The molecule has 7 nitrogen and oxygen atoms in total. The predicted molar refractivity (Wildman–Crippen MR) is 64.2 cm³/mol. The number of hydrogen-bond acceptors (Lipinski definition) is 5. The number of anilines is 1. The highest BCUT2D eigenvalue weighted by molar-refractivity contribution is 5.83. The Balaban J connectivity index is 2.36. The van der Waals surface area contributed by atoms with Crippen molar-refractivity contribution in [1.82, 2.24) is 5.32 Å². The van der Waals surface area contributed by atoms with Gasteiger partial charge in [-0.1, -0.05) is 6.07 Å². The zero-order valence-electron chi connectivity index (χ0n) is 9.63. The third-order valence-corrected chi connectivity index (χ3v) is 2.80. The van der Waals surface area contributed by atoms with Crippen LogP contribution >= 0.6 is 0 Å². The van der Waals surface area contributed by atoms with Crippen LogP contribution in [-0.4, -0.2) is 35.6 Å². The number of nitro groups is 1. The number of carbonyl (C=O) groups excluding carboxylic acids is 1. The number of hydrogen-bond donors (Lipinski definition) is 2. The minimum Gasteiger partial charge on any atom is -0.392 e. The Labute approximate surface area is 103 Å². The molecular formula is C11H13N3O4. The molecule has 0 saturated carbocycles. The average molecular weight is 251 g/mol. The molecule has 0 aliphatic carbocycles. The standard InChI is InChI=1S/C11H13N3O4/c15-7-8-1-2-9(10(5-8)14(17)18)13-4-3-12-11(16)6-13/h1-2,5,15H,3-4,6-7H2,(H,12,16). The fourth-order valence-corrected chi connectivity index (χ4v) is 1.93. The van der Waals surface area contributed by atoms with Crippen molar-refractivity contribution >= 4 is 17.3 Å². The molecule has 0 unspecified atom stereocenters. The highest BCUT2D eigenvalue weighted by Gasteiger charge is 2.24. The average Bonchev–Trinajstić information content (AvgIpc) is 2.38. The number of benzene rings is 1. The number of aliphatic hydroxyl groups is 1. The van der Waals surface area contributed by atoms with E-state index in [9.17, 15) is 14.9 Å². The summed E-state index contributed by atoms with van der Waals surface area (Å²) in [6.45, 7) is 0.865. The van der Waals surface area contributed by atoms with Crippen LogP contribution in [0.5, 0.6) is 0 Å². The van der Waals surface area contributed by atoms with E-state index in [4.69, 9.17) is 5.11 Å². The van der Waals surface area contributed by atoms with Crippen molar-refractivity contribution in [3.05, 3.63) is 33.9 Å². The lowest BCUT2D eigenvalue weighted by Crippen LogP contribution is -2.47. The molecule has 1 aliphatic rings. The van der Waals surface area contributed by atoms with E-state index in [2.05, 4.69) is 5.32 Å². The zero-order valence-corrected chi connectivity index (χ0v) is 9.63. The second kappa shape index (κ2) is 5.01. The van der Waals surface area contributed by atoms with Gasteiger partial charge in [0, 0.05) is 19.2 Å². The minimum atomic E-state index is -0.499. The largest absolute Gasteiger partial charge is 0.392 e. The lowest BCUT2D eigenvalue weighted by atomic mass is 10.1. The number of piperazine rings is 1.